The second kappa shape index (κ2) is 7.31. The Kier molecular flexibility index (Phi) is 5.39. The van der Waals surface area contributed by atoms with Gasteiger partial charge in [0.05, 0.1) is 0 Å². The van der Waals surface area contributed by atoms with Gasteiger partial charge < -0.3 is 10.1 Å². The molecule has 1 N–H and O–H groups in total. The molecule has 0 aliphatic carbocycles. The standard InChI is InChI=1S/C15H19NOS/c1-17-11-5-10-16-12-14-8-9-15(18-14)13-6-3-2-4-7-13/h2-4,6-9,16H,5,10-12H2,1H3. The molecule has 0 amide bonds. The third-order valence-electron chi connectivity index (χ3n) is 2.72. The third-order valence-corrected chi connectivity index (χ3v) is 3.86. The van der Waals surface area contributed by atoms with Crippen LogP contribution in [0, 0.1) is 0 Å². The minimum Gasteiger partial charge on any atom is -0.385 e. The molecule has 1 heterocycles. The van der Waals surface area contributed by atoms with E-state index in [0.29, 0.717) is 0 Å². The molecule has 0 spiro atoms. The molecule has 0 unspecified atom stereocenters. The molecule has 1 aromatic carbocycles. The number of methoxy groups -OCH3 is 1. The van der Waals surface area contributed by atoms with Crippen molar-refractivity contribution in [3.05, 3.63) is 47.3 Å². The fourth-order valence-corrected chi connectivity index (χ4v) is 2.77. The van der Waals surface area contributed by atoms with Crippen LogP contribution in [0.4, 0.5) is 0 Å². The summed E-state index contributed by atoms with van der Waals surface area (Å²) in [5.41, 5.74) is 1.30. The maximum Gasteiger partial charge on any atom is 0.0474 e. The monoisotopic (exact) mass is 261 g/mol. The van der Waals surface area contributed by atoms with Crippen LogP contribution in [0.25, 0.3) is 10.4 Å². The Bertz CT molecular complexity index is 453. The van der Waals surface area contributed by atoms with Gasteiger partial charge in [0.2, 0.25) is 0 Å². The van der Waals surface area contributed by atoms with E-state index in [0.717, 1.165) is 26.1 Å². The van der Waals surface area contributed by atoms with Crippen LogP contribution in [-0.4, -0.2) is 20.3 Å². The molecule has 2 nitrogen and oxygen atoms in total. The zero-order valence-corrected chi connectivity index (χ0v) is 11.5. The lowest BCUT2D eigenvalue weighted by molar-refractivity contribution is 0.194. The predicted molar refractivity (Wildman–Crippen MR) is 78.0 cm³/mol. The second-order valence-corrected chi connectivity index (χ2v) is 5.32. The van der Waals surface area contributed by atoms with Crippen molar-refractivity contribution in [1.29, 1.82) is 0 Å². The molecule has 0 bridgehead atoms. The van der Waals surface area contributed by atoms with E-state index in [2.05, 4.69) is 47.8 Å². The van der Waals surface area contributed by atoms with Crippen LogP contribution in [0.2, 0.25) is 0 Å². The first-order chi connectivity index (χ1) is 8.90. The third kappa shape index (κ3) is 3.95. The molecule has 0 aliphatic rings. The minimum atomic E-state index is 0.826. The van der Waals surface area contributed by atoms with E-state index in [1.165, 1.54) is 15.3 Å². The number of thiophene rings is 1. The van der Waals surface area contributed by atoms with Gasteiger partial charge in [-0.2, -0.15) is 0 Å². The van der Waals surface area contributed by atoms with Crippen LogP contribution < -0.4 is 5.32 Å². The number of hydrogen-bond acceptors (Lipinski definition) is 3. The van der Waals surface area contributed by atoms with Crippen molar-refractivity contribution in [3.8, 4) is 10.4 Å². The van der Waals surface area contributed by atoms with Gasteiger partial charge in [0, 0.05) is 30.0 Å². The van der Waals surface area contributed by atoms with Crippen molar-refractivity contribution >= 4 is 11.3 Å². The molecular formula is C15H19NOS. The first kappa shape index (κ1) is 13.3. The predicted octanol–water partition coefficient (Wildman–Crippen LogP) is 3.54. The maximum atomic E-state index is 5.02. The van der Waals surface area contributed by atoms with Gasteiger partial charge in [0.1, 0.15) is 0 Å². The molecule has 0 aliphatic heterocycles. The summed E-state index contributed by atoms with van der Waals surface area (Å²) < 4.78 is 5.02. The summed E-state index contributed by atoms with van der Waals surface area (Å²) in [6.45, 7) is 2.78. The molecular weight excluding hydrogens is 242 g/mol. The zero-order valence-electron chi connectivity index (χ0n) is 10.7. The first-order valence-electron chi connectivity index (χ1n) is 6.24. The van der Waals surface area contributed by atoms with E-state index in [1.54, 1.807) is 7.11 Å². The summed E-state index contributed by atoms with van der Waals surface area (Å²) in [6.07, 6.45) is 1.06. The van der Waals surface area contributed by atoms with Crippen LogP contribution in [0.15, 0.2) is 42.5 Å². The number of rotatable bonds is 7. The minimum absolute atomic E-state index is 0.826. The van der Waals surface area contributed by atoms with Gasteiger partial charge in [0.25, 0.3) is 0 Å². The molecule has 0 atom stereocenters. The number of benzene rings is 1. The van der Waals surface area contributed by atoms with E-state index < -0.39 is 0 Å². The van der Waals surface area contributed by atoms with Gasteiger partial charge in [-0.15, -0.1) is 11.3 Å². The van der Waals surface area contributed by atoms with Gasteiger partial charge in [-0.3, -0.25) is 0 Å². The normalized spacial score (nSPS) is 10.7. The summed E-state index contributed by atoms with van der Waals surface area (Å²) in [7, 11) is 1.74. The van der Waals surface area contributed by atoms with Crippen molar-refractivity contribution in [1.82, 2.24) is 5.32 Å². The molecule has 0 saturated carbocycles. The highest BCUT2D eigenvalue weighted by Gasteiger charge is 2.01. The van der Waals surface area contributed by atoms with E-state index in [9.17, 15) is 0 Å². The van der Waals surface area contributed by atoms with Gasteiger partial charge in [-0.25, -0.2) is 0 Å². The molecule has 3 heteroatoms. The highest BCUT2D eigenvalue weighted by molar-refractivity contribution is 7.15. The van der Waals surface area contributed by atoms with Gasteiger partial charge in [-0.1, -0.05) is 30.3 Å². The molecule has 0 radical (unpaired) electrons. The fraction of sp³-hybridized carbons (Fsp3) is 0.333. The Morgan fingerprint density at radius 2 is 1.94 bits per heavy atom. The lowest BCUT2D eigenvalue weighted by Crippen LogP contribution is -2.15. The smallest absolute Gasteiger partial charge is 0.0474 e. The lowest BCUT2D eigenvalue weighted by atomic mass is 10.2. The Morgan fingerprint density at radius 1 is 1.11 bits per heavy atom. The van der Waals surface area contributed by atoms with Crippen molar-refractivity contribution in [2.75, 3.05) is 20.3 Å². The Morgan fingerprint density at radius 3 is 2.72 bits per heavy atom. The van der Waals surface area contributed by atoms with Crippen molar-refractivity contribution in [2.24, 2.45) is 0 Å². The maximum absolute atomic E-state index is 5.02. The topological polar surface area (TPSA) is 21.3 Å². The van der Waals surface area contributed by atoms with E-state index in [-0.39, 0.29) is 0 Å². The van der Waals surface area contributed by atoms with Crippen LogP contribution >= 0.6 is 11.3 Å². The average Bonchev–Trinajstić information content (AvgIpc) is 2.88. The van der Waals surface area contributed by atoms with Crippen molar-refractivity contribution in [3.63, 3.8) is 0 Å². The van der Waals surface area contributed by atoms with Gasteiger partial charge in [0.15, 0.2) is 0 Å². The number of hydrogen-bond donors (Lipinski definition) is 1. The first-order valence-corrected chi connectivity index (χ1v) is 7.05. The second-order valence-electron chi connectivity index (χ2n) is 4.16. The highest BCUT2D eigenvalue weighted by Crippen LogP contribution is 2.27. The van der Waals surface area contributed by atoms with Crippen molar-refractivity contribution < 1.29 is 4.74 Å². The van der Waals surface area contributed by atoms with Crippen LogP contribution in [0.1, 0.15) is 11.3 Å². The van der Waals surface area contributed by atoms with Crippen molar-refractivity contribution in [2.45, 2.75) is 13.0 Å². The number of ether oxygens (including phenoxy) is 1. The van der Waals surface area contributed by atoms with E-state index >= 15 is 0 Å². The van der Waals surface area contributed by atoms with E-state index in [4.69, 9.17) is 4.74 Å². The largest absolute Gasteiger partial charge is 0.385 e. The molecule has 2 aromatic rings. The van der Waals surface area contributed by atoms with Crippen LogP contribution in [0.3, 0.4) is 0 Å². The molecule has 0 fully saturated rings. The average molecular weight is 261 g/mol. The summed E-state index contributed by atoms with van der Waals surface area (Å²) in [6, 6.07) is 14.9. The van der Waals surface area contributed by atoms with Crippen LogP contribution in [0.5, 0.6) is 0 Å². The van der Waals surface area contributed by atoms with Crippen LogP contribution in [-0.2, 0) is 11.3 Å². The Labute approximate surface area is 113 Å². The SMILES string of the molecule is COCCCNCc1ccc(-c2ccccc2)s1. The summed E-state index contributed by atoms with van der Waals surface area (Å²) in [4.78, 5) is 2.72. The quantitative estimate of drug-likeness (QED) is 0.770. The van der Waals surface area contributed by atoms with Gasteiger partial charge in [-0.05, 0) is 30.7 Å². The summed E-state index contributed by atoms with van der Waals surface area (Å²) in [5, 5.41) is 3.43. The zero-order chi connectivity index (χ0) is 12.6. The molecule has 0 saturated heterocycles. The molecule has 18 heavy (non-hydrogen) atoms. The molecule has 1 aromatic heterocycles. The van der Waals surface area contributed by atoms with E-state index in [1.807, 2.05) is 11.3 Å². The Hall–Kier alpha value is -1.16. The molecule has 96 valence electrons. The fourth-order valence-electron chi connectivity index (χ4n) is 1.78. The molecule has 2 rings (SSSR count). The summed E-state index contributed by atoms with van der Waals surface area (Å²) in [5.74, 6) is 0. The summed E-state index contributed by atoms with van der Waals surface area (Å²) >= 11 is 1.86. The lowest BCUT2D eigenvalue weighted by Gasteiger charge is -2.02. The number of nitrogens with one attached hydrogen (secondary N) is 1. The Balaban J connectivity index is 1.83. The highest BCUT2D eigenvalue weighted by atomic mass is 32.1. The van der Waals surface area contributed by atoms with Gasteiger partial charge >= 0.3 is 0 Å².